The lowest BCUT2D eigenvalue weighted by atomic mass is 9.82. The molecule has 1 aromatic rings. The molecule has 0 radical (unpaired) electrons. The summed E-state index contributed by atoms with van der Waals surface area (Å²) in [6.45, 7) is 11.9. The van der Waals surface area contributed by atoms with Crippen molar-refractivity contribution in [2.24, 2.45) is 0 Å². The van der Waals surface area contributed by atoms with Crippen molar-refractivity contribution in [2.75, 3.05) is 0 Å². The summed E-state index contributed by atoms with van der Waals surface area (Å²) in [7, 11) is 2.07. The Morgan fingerprint density at radius 3 is 2.57 bits per heavy atom. The zero-order valence-electron chi connectivity index (χ0n) is 15.2. The van der Waals surface area contributed by atoms with Gasteiger partial charge in [0.1, 0.15) is 7.85 Å². The molecule has 1 rings (SSSR count). The molecule has 0 fully saturated rings. The lowest BCUT2D eigenvalue weighted by Crippen LogP contribution is -2.25. The van der Waals surface area contributed by atoms with Crippen LogP contribution in [0.1, 0.15) is 43.4 Å². The van der Waals surface area contributed by atoms with E-state index in [-0.39, 0.29) is 0 Å². The van der Waals surface area contributed by atoms with Crippen LogP contribution < -0.4 is 0 Å². The van der Waals surface area contributed by atoms with Crippen LogP contribution in [0.2, 0.25) is 0 Å². The normalized spacial score (nSPS) is 15.7. The van der Waals surface area contributed by atoms with E-state index in [4.69, 9.17) is 0 Å². The Bertz CT molecular complexity index is 633. The Kier molecular flexibility index (Phi) is 7.31. The van der Waals surface area contributed by atoms with Crippen LogP contribution in [0, 0.1) is 13.8 Å². The largest absolute Gasteiger partial charge is 0.385 e. The molecule has 1 N–H and O–H groups in total. The molecule has 0 saturated heterocycles. The monoisotopic (exact) mass is 308 g/mol. The highest BCUT2D eigenvalue weighted by Crippen LogP contribution is 2.33. The first-order valence-electron chi connectivity index (χ1n) is 8.18. The summed E-state index contributed by atoms with van der Waals surface area (Å²) in [5, 5.41) is 11.3. The summed E-state index contributed by atoms with van der Waals surface area (Å²) in [5.74, 6) is 0. The summed E-state index contributed by atoms with van der Waals surface area (Å²) >= 11 is 0. The molecule has 1 nitrogen and oxygen atoms in total. The van der Waals surface area contributed by atoms with E-state index in [1.54, 1.807) is 6.08 Å². The van der Waals surface area contributed by atoms with Gasteiger partial charge in [0.2, 0.25) is 0 Å². The third-order valence-corrected chi connectivity index (χ3v) is 3.96. The number of hydrogen-bond donors (Lipinski definition) is 1. The van der Waals surface area contributed by atoms with Crippen molar-refractivity contribution in [3.8, 4) is 0 Å². The highest BCUT2D eigenvalue weighted by atomic mass is 16.3. The van der Waals surface area contributed by atoms with Gasteiger partial charge in [-0.2, -0.15) is 0 Å². The summed E-state index contributed by atoms with van der Waals surface area (Å²) in [6, 6.07) is 6.28. The number of aliphatic hydroxyl groups is 1. The fraction of sp³-hybridized carbons (Fsp3) is 0.333. The molecule has 0 amide bonds. The molecule has 0 saturated carbocycles. The smallest absolute Gasteiger partial charge is 0.133 e. The Labute approximate surface area is 142 Å². The Morgan fingerprint density at radius 1 is 1.26 bits per heavy atom. The first-order valence-corrected chi connectivity index (χ1v) is 8.18. The van der Waals surface area contributed by atoms with E-state index in [0.717, 1.165) is 16.7 Å². The molecule has 0 aliphatic carbocycles. The van der Waals surface area contributed by atoms with Crippen LogP contribution >= 0.6 is 0 Å². The molecular weight excluding hydrogens is 279 g/mol. The lowest BCUT2D eigenvalue weighted by molar-refractivity contribution is 0.0420. The van der Waals surface area contributed by atoms with Crippen molar-refractivity contribution in [3.05, 3.63) is 82.9 Å². The molecule has 0 aromatic heterocycles. The van der Waals surface area contributed by atoms with E-state index in [2.05, 4.69) is 65.5 Å². The number of aryl methyl sites for hydroxylation is 2. The van der Waals surface area contributed by atoms with E-state index < -0.39 is 5.60 Å². The summed E-state index contributed by atoms with van der Waals surface area (Å²) in [4.78, 5) is 0. The minimum absolute atomic E-state index is 0.587. The second-order valence-corrected chi connectivity index (χ2v) is 6.59. The summed E-state index contributed by atoms with van der Waals surface area (Å²) in [5.41, 5.74) is 4.80. The minimum Gasteiger partial charge on any atom is -0.385 e. The molecule has 0 aliphatic rings. The maximum absolute atomic E-state index is 11.3. The van der Waals surface area contributed by atoms with Crippen LogP contribution in [0.4, 0.5) is 0 Å². The fourth-order valence-electron chi connectivity index (χ4n) is 2.59. The predicted molar refractivity (Wildman–Crippen MR) is 104 cm³/mol. The second kappa shape index (κ2) is 8.74. The minimum atomic E-state index is -0.877. The maximum atomic E-state index is 11.3. The maximum Gasteiger partial charge on any atom is 0.133 e. The average molecular weight is 308 g/mol. The molecule has 2 heteroatoms. The van der Waals surface area contributed by atoms with Crippen LogP contribution in [0.15, 0.2) is 66.2 Å². The highest BCUT2D eigenvalue weighted by molar-refractivity contribution is 6.21. The zero-order valence-corrected chi connectivity index (χ0v) is 15.2. The topological polar surface area (TPSA) is 20.2 Å². The van der Waals surface area contributed by atoms with Crippen molar-refractivity contribution >= 4 is 7.85 Å². The van der Waals surface area contributed by atoms with Crippen molar-refractivity contribution in [3.63, 3.8) is 0 Å². The van der Waals surface area contributed by atoms with Crippen molar-refractivity contribution in [1.29, 1.82) is 0 Å². The van der Waals surface area contributed by atoms with Gasteiger partial charge < -0.3 is 5.11 Å². The second-order valence-electron chi connectivity index (χ2n) is 6.59. The van der Waals surface area contributed by atoms with Gasteiger partial charge in [0.05, 0.1) is 5.60 Å². The quantitative estimate of drug-likeness (QED) is 0.581. The van der Waals surface area contributed by atoms with E-state index in [0.29, 0.717) is 12.8 Å². The van der Waals surface area contributed by atoms with E-state index in [9.17, 15) is 5.11 Å². The molecule has 0 aliphatic heterocycles. The van der Waals surface area contributed by atoms with Gasteiger partial charge in [-0.25, -0.2) is 0 Å². The van der Waals surface area contributed by atoms with Crippen molar-refractivity contribution < 1.29 is 5.11 Å². The number of allylic oxidation sites excluding steroid dienone is 5. The van der Waals surface area contributed by atoms with E-state index in [1.165, 1.54) is 11.0 Å². The van der Waals surface area contributed by atoms with Crippen LogP contribution in [0.3, 0.4) is 0 Å². The third kappa shape index (κ3) is 6.07. The summed E-state index contributed by atoms with van der Waals surface area (Å²) < 4.78 is 0. The molecule has 0 heterocycles. The van der Waals surface area contributed by atoms with Crippen LogP contribution in [0.5, 0.6) is 0 Å². The number of rotatable bonds is 7. The molecule has 0 bridgehead atoms. The zero-order chi connectivity index (χ0) is 17.5. The number of benzene rings is 1. The van der Waals surface area contributed by atoms with Gasteiger partial charge in [-0.1, -0.05) is 73.2 Å². The Hall–Kier alpha value is -1.80. The molecule has 122 valence electrons. The van der Waals surface area contributed by atoms with Gasteiger partial charge in [0.25, 0.3) is 0 Å². The molecule has 1 unspecified atom stereocenters. The first-order chi connectivity index (χ1) is 10.8. The van der Waals surface area contributed by atoms with Gasteiger partial charge in [-0.3, -0.25) is 0 Å². The molecular formula is C21H29BO. The Balaban J connectivity index is 3.17. The molecule has 1 atom stereocenters. The van der Waals surface area contributed by atoms with E-state index >= 15 is 0 Å². The molecule has 23 heavy (non-hydrogen) atoms. The predicted octanol–water partition coefficient (Wildman–Crippen LogP) is 4.50. The Morgan fingerprint density at radius 2 is 1.96 bits per heavy atom. The van der Waals surface area contributed by atoms with Gasteiger partial charge >= 0.3 is 0 Å². The third-order valence-electron chi connectivity index (χ3n) is 3.96. The molecule has 1 aromatic carbocycles. The SMILES string of the molecule is B/C(C)=C/CC(O)(C/C=C\C(C)=C/C=C)c1cc(C)ccc1C. The van der Waals surface area contributed by atoms with Gasteiger partial charge in [0.15, 0.2) is 0 Å². The van der Waals surface area contributed by atoms with Crippen molar-refractivity contribution in [1.82, 2.24) is 0 Å². The van der Waals surface area contributed by atoms with Crippen LogP contribution in [-0.4, -0.2) is 13.0 Å². The molecule has 0 spiro atoms. The van der Waals surface area contributed by atoms with Crippen molar-refractivity contribution in [2.45, 2.75) is 46.1 Å². The van der Waals surface area contributed by atoms with E-state index in [1.807, 2.05) is 19.1 Å². The lowest BCUT2D eigenvalue weighted by Gasteiger charge is -2.29. The number of hydrogen-bond acceptors (Lipinski definition) is 1. The highest BCUT2D eigenvalue weighted by Gasteiger charge is 2.28. The fourth-order valence-corrected chi connectivity index (χ4v) is 2.59. The first kappa shape index (κ1) is 19.3. The van der Waals surface area contributed by atoms with Crippen LogP contribution in [-0.2, 0) is 5.60 Å². The van der Waals surface area contributed by atoms with Crippen LogP contribution in [0.25, 0.3) is 0 Å². The van der Waals surface area contributed by atoms with Gasteiger partial charge in [-0.05, 0) is 44.7 Å². The van der Waals surface area contributed by atoms with Gasteiger partial charge in [-0.15, -0.1) is 5.47 Å². The van der Waals surface area contributed by atoms with Gasteiger partial charge in [0, 0.05) is 0 Å². The average Bonchev–Trinajstić information content (AvgIpc) is 2.48. The summed E-state index contributed by atoms with van der Waals surface area (Å²) in [6.07, 6.45) is 11.2. The standard InChI is InChI=1S/C21H29BO/c1-6-8-16(2)9-7-13-21(23,14-12-19(5)22)20-15-17(3)10-11-18(20)4/h6-12,15,23H,1,13-14,22H2,2-5H3/b9-7-,16-8-,19-12+.